The van der Waals surface area contributed by atoms with Crippen LogP contribution in [0.5, 0.6) is 0 Å². The molecule has 0 aromatic carbocycles. The monoisotopic (exact) mass is 227 g/mol. The van der Waals surface area contributed by atoms with Crippen LogP contribution in [0.1, 0.15) is 46.0 Å². The average molecular weight is 227 g/mol. The molecule has 1 rings (SSSR count). The van der Waals surface area contributed by atoms with Gasteiger partial charge < -0.3 is 4.90 Å². The maximum Gasteiger partial charge on any atom is 0.233 e. The van der Waals surface area contributed by atoms with Crippen molar-refractivity contribution in [2.75, 3.05) is 13.1 Å². The largest absolute Gasteiger partial charge is 0.301 e. The molecule has 0 saturated carbocycles. The molecule has 1 heterocycles. The molecule has 0 bridgehead atoms. The summed E-state index contributed by atoms with van der Waals surface area (Å²) in [7, 11) is 0. The fourth-order valence-electron chi connectivity index (χ4n) is 2.46. The number of nitrogens with two attached hydrogens (primary N) is 1. The number of carbonyl (C=O) groups excluding carboxylic acids is 1. The third-order valence-electron chi connectivity index (χ3n) is 3.54. The Morgan fingerprint density at radius 2 is 2.19 bits per heavy atom. The van der Waals surface area contributed by atoms with E-state index in [0.717, 1.165) is 25.3 Å². The van der Waals surface area contributed by atoms with E-state index in [0.29, 0.717) is 12.5 Å². The lowest BCUT2D eigenvalue weighted by Gasteiger charge is -2.36. The van der Waals surface area contributed by atoms with Gasteiger partial charge in [0, 0.05) is 12.5 Å². The maximum absolute atomic E-state index is 10.9. The number of rotatable bonds is 5. The van der Waals surface area contributed by atoms with Crippen molar-refractivity contribution in [3.63, 3.8) is 0 Å². The van der Waals surface area contributed by atoms with Crippen LogP contribution in [0.25, 0.3) is 0 Å². The molecule has 1 saturated heterocycles. The second-order valence-electron chi connectivity index (χ2n) is 5.04. The van der Waals surface area contributed by atoms with E-state index in [1.165, 1.54) is 19.4 Å². The first-order chi connectivity index (χ1) is 7.63. The highest BCUT2D eigenvalue weighted by Crippen LogP contribution is 2.22. The van der Waals surface area contributed by atoms with Crippen molar-refractivity contribution in [2.45, 2.75) is 52.0 Å². The Bertz CT molecular complexity index is 220. The van der Waals surface area contributed by atoms with Crippen molar-refractivity contribution in [2.24, 2.45) is 11.8 Å². The summed E-state index contributed by atoms with van der Waals surface area (Å²) in [5, 5.41) is 0. The predicted molar refractivity (Wildman–Crippen MR) is 65.6 cm³/mol. The van der Waals surface area contributed by atoms with Crippen LogP contribution >= 0.6 is 0 Å². The Balaban J connectivity index is 2.11. The van der Waals surface area contributed by atoms with Gasteiger partial charge in [0.05, 0.1) is 0 Å². The molecule has 4 nitrogen and oxygen atoms in total. The summed E-state index contributed by atoms with van der Waals surface area (Å²) in [6.07, 6.45) is 5.19. The Kier molecular flexibility index (Phi) is 5.77. The predicted octanol–water partition coefficient (Wildman–Crippen LogP) is 1.27. The minimum atomic E-state index is -0.0553. The summed E-state index contributed by atoms with van der Waals surface area (Å²) in [6, 6.07) is 0.701. The molecule has 0 aromatic heterocycles. The summed E-state index contributed by atoms with van der Waals surface area (Å²) in [6.45, 7) is 6.97. The van der Waals surface area contributed by atoms with Crippen LogP contribution in [0.4, 0.5) is 0 Å². The normalized spacial score (nSPS) is 26.7. The van der Waals surface area contributed by atoms with Gasteiger partial charge in [-0.2, -0.15) is 0 Å². The molecule has 2 unspecified atom stereocenters. The van der Waals surface area contributed by atoms with Crippen molar-refractivity contribution in [1.29, 1.82) is 0 Å². The topological polar surface area (TPSA) is 58.4 Å². The van der Waals surface area contributed by atoms with Crippen LogP contribution in [-0.4, -0.2) is 29.9 Å². The highest BCUT2D eigenvalue weighted by molar-refractivity contribution is 5.75. The Labute approximate surface area is 98.5 Å². The molecule has 1 fully saturated rings. The van der Waals surface area contributed by atoms with Crippen LogP contribution < -0.4 is 11.3 Å². The van der Waals surface area contributed by atoms with Crippen LogP contribution in [0.2, 0.25) is 0 Å². The van der Waals surface area contributed by atoms with E-state index in [-0.39, 0.29) is 5.91 Å². The van der Waals surface area contributed by atoms with Gasteiger partial charge in [0.2, 0.25) is 5.91 Å². The van der Waals surface area contributed by atoms with Gasteiger partial charge in [0.15, 0.2) is 0 Å². The van der Waals surface area contributed by atoms with Crippen molar-refractivity contribution < 1.29 is 4.79 Å². The number of amides is 1. The minimum Gasteiger partial charge on any atom is -0.301 e. The molecule has 1 aliphatic rings. The lowest BCUT2D eigenvalue weighted by molar-refractivity contribution is -0.121. The first kappa shape index (κ1) is 13.5. The Hall–Kier alpha value is -0.610. The molecule has 2 atom stereocenters. The zero-order valence-corrected chi connectivity index (χ0v) is 10.5. The van der Waals surface area contributed by atoms with E-state index in [2.05, 4.69) is 24.2 Å². The van der Waals surface area contributed by atoms with Gasteiger partial charge in [-0.25, -0.2) is 5.84 Å². The van der Waals surface area contributed by atoms with Gasteiger partial charge in [0.1, 0.15) is 0 Å². The maximum atomic E-state index is 10.9. The van der Waals surface area contributed by atoms with Crippen molar-refractivity contribution >= 4 is 5.91 Å². The van der Waals surface area contributed by atoms with E-state index in [4.69, 9.17) is 5.84 Å². The molecule has 1 amide bonds. The van der Waals surface area contributed by atoms with Crippen LogP contribution in [0.3, 0.4) is 0 Å². The number of nitrogens with one attached hydrogen (secondary N) is 1. The summed E-state index contributed by atoms with van der Waals surface area (Å²) in [5.41, 5.74) is 2.17. The molecule has 0 aliphatic carbocycles. The fourth-order valence-corrected chi connectivity index (χ4v) is 2.46. The number of unbranched alkanes of at least 4 members (excludes halogenated alkanes) is 1. The average Bonchev–Trinajstić information content (AvgIpc) is 2.26. The second-order valence-corrected chi connectivity index (χ2v) is 5.04. The fraction of sp³-hybridized carbons (Fsp3) is 0.917. The first-order valence-electron chi connectivity index (χ1n) is 6.37. The third-order valence-corrected chi connectivity index (χ3v) is 3.54. The van der Waals surface area contributed by atoms with Gasteiger partial charge in [-0.15, -0.1) is 0 Å². The zero-order valence-electron chi connectivity index (χ0n) is 10.5. The number of hydrazine groups is 1. The summed E-state index contributed by atoms with van der Waals surface area (Å²) >= 11 is 0. The van der Waals surface area contributed by atoms with E-state index in [1.54, 1.807) is 0 Å². The molecule has 0 aromatic rings. The molecule has 94 valence electrons. The summed E-state index contributed by atoms with van der Waals surface area (Å²) in [4.78, 5) is 13.5. The van der Waals surface area contributed by atoms with Crippen LogP contribution in [0, 0.1) is 5.92 Å². The molecular formula is C12H25N3O. The molecular weight excluding hydrogens is 202 g/mol. The van der Waals surface area contributed by atoms with Crippen LogP contribution in [-0.2, 0) is 4.79 Å². The molecule has 0 spiro atoms. The van der Waals surface area contributed by atoms with Gasteiger partial charge in [-0.3, -0.25) is 10.2 Å². The van der Waals surface area contributed by atoms with E-state index >= 15 is 0 Å². The van der Waals surface area contributed by atoms with Crippen molar-refractivity contribution in [3.05, 3.63) is 0 Å². The quantitative estimate of drug-likeness (QED) is 0.322. The minimum absolute atomic E-state index is 0.0553. The van der Waals surface area contributed by atoms with E-state index in [1.807, 2.05) is 0 Å². The molecule has 4 heteroatoms. The smallest absolute Gasteiger partial charge is 0.233 e. The van der Waals surface area contributed by atoms with Gasteiger partial charge in [-0.1, -0.05) is 6.92 Å². The van der Waals surface area contributed by atoms with Gasteiger partial charge in [-0.05, 0) is 51.6 Å². The summed E-state index contributed by atoms with van der Waals surface area (Å²) in [5.74, 6) is 5.84. The number of nitrogens with zero attached hydrogens (tertiary/aromatic N) is 1. The number of carbonyl (C=O) groups is 1. The SMILES string of the molecule is CC1CCN(CCCCC(=O)NN)C(C)C1. The Morgan fingerprint density at radius 3 is 2.81 bits per heavy atom. The highest BCUT2D eigenvalue weighted by atomic mass is 16.2. The number of hydrogen-bond donors (Lipinski definition) is 2. The lowest BCUT2D eigenvalue weighted by Crippen LogP contribution is -2.40. The lowest BCUT2D eigenvalue weighted by atomic mass is 9.93. The standard InChI is InChI=1S/C12H25N3O/c1-10-6-8-15(11(2)9-10)7-4-3-5-12(16)14-13/h10-11H,3-9,13H2,1-2H3,(H,14,16). The van der Waals surface area contributed by atoms with Gasteiger partial charge in [0.25, 0.3) is 0 Å². The molecule has 3 N–H and O–H groups in total. The molecule has 1 aliphatic heterocycles. The number of likely N-dealkylation sites (tertiary alicyclic amines) is 1. The Morgan fingerprint density at radius 1 is 1.44 bits per heavy atom. The number of hydrogen-bond acceptors (Lipinski definition) is 3. The van der Waals surface area contributed by atoms with Gasteiger partial charge >= 0.3 is 0 Å². The molecule has 0 radical (unpaired) electrons. The second kappa shape index (κ2) is 6.86. The van der Waals surface area contributed by atoms with Crippen LogP contribution in [0.15, 0.2) is 0 Å². The highest BCUT2D eigenvalue weighted by Gasteiger charge is 2.21. The number of piperidine rings is 1. The first-order valence-corrected chi connectivity index (χ1v) is 6.37. The van der Waals surface area contributed by atoms with E-state index < -0.39 is 0 Å². The van der Waals surface area contributed by atoms with Crippen molar-refractivity contribution in [1.82, 2.24) is 10.3 Å². The van der Waals surface area contributed by atoms with Crippen molar-refractivity contribution in [3.8, 4) is 0 Å². The van der Waals surface area contributed by atoms with E-state index in [9.17, 15) is 4.79 Å². The zero-order chi connectivity index (χ0) is 12.0. The molecule has 16 heavy (non-hydrogen) atoms. The summed E-state index contributed by atoms with van der Waals surface area (Å²) < 4.78 is 0. The third kappa shape index (κ3) is 4.49.